The van der Waals surface area contributed by atoms with E-state index in [2.05, 4.69) is 12.2 Å². The summed E-state index contributed by atoms with van der Waals surface area (Å²) in [6.45, 7) is 2.98. The summed E-state index contributed by atoms with van der Waals surface area (Å²) in [7, 11) is 0. The summed E-state index contributed by atoms with van der Waals surface area (Å²) >= 11 is 0. The van der Waals surface area contributed by atoms with Gasteiger partial charge in [0.1, 0.15) is 0 Å². The smallest absolute Gasteiger partial charge is 0.317 e. The van der Waals surface area contributed by atoms with Crippen LogP contribution in [0.1, 0.15) is 39.0 Å². The molecule has 0 spiro atoms. The number of hydrogen-bond donors (Lipinski definition) is 1. The fraction of sp³-hybridized carbons (Fsp3) is 0.900. The number of nitrogens with zero attached hydrogens (tertiary/aromatic N) is 1. The summed E-state index contributed by atoms with van der Waals surface area (Å²) in [4.78, 5) is 13.5. The Labute approximate surface area is 79.5 Å². The van der Waals surface area contributed by atoms with Crippen LogP contribution in [0.3, 0.4) is 0 Å². The van der Waals surface area contributed by atoms with Gasteiger partial charge in [-0.1, -0.05) is 19.3 Å². The molecule has 0 aromatic carbocycles. The largest absolute Gasteiger partial charge is 0.334 e. The molecule has 3 heteroatoms. The van der Waals surface area contributed by atoms with Gasteiger partial charge in [0.25, 0.3) is 0 Å². The van der Waals surface area contributed by atoms with Crippen LogP contribution in [-0.4, -0.2) is 29.6 Å². The molecule has 1 saturated heterocycles. The average Bonchev–Trinajstić information content (AvgIpc) is 2.47. The van der Waals surface area contributed by atoms with Gasteiger partial charge in [0, 0.05) is 18.6 Å². The standard InChI is InChI=1S/C10H18N2O/c1-8-7-12(10(13)11-8)9-5-3-2-4-6-9/h8-9H,2-7H2,1H3,(H,11,13). The highest BCUT2D eigenvalue weighted by molar-refractivity contribution is 5.77. The van der Waals surface area contributed by atoms with Crippen LogP contribution in [0.2, 0.25) is 0 Å². The van der Waals surface area contributed by atoms with Crippen molar-refractivity contribution >= 4 is 6.03 Å². The molecule has 74 valence electrons. The molecule has 1 aliphatic carbocycles. The Hall–Kier alpha value is -0.730. The summed E-state index contributed by atoms with van der Waals surface area (Å²) < 4.78 is 0. The van der Waals surface area contributed by atoms with E-state index < -0.39 is 0 Å². The van der Waals surface area contributed by atoms with Crippen LogP contribution in [0.15, 0.2) is 0 Å². The molecule has 1 aliphatic heterocycles. The summed E-state index contributed by atoms with van der Waals surface area (Å²) in [5.74, 6) is 0. The number of carbonyl (C=O) groups is 1. The van der Waals surface area contributed by atoms with Gasteiger partial charge >= 0.3 is 6.03 Å². The van der Waals surface area contributed by atoms with E-state index in [0.717, 1.165) is 6.54 Å². The van der Waals surface area contributed by atoms with E-state index in [1.165, 1.54) is 32.1 Å². The van der Waals surface area contributed by atoms with Crippen molar-refractivity contribution in [1.82, 2.24) is 10.2 Å². The second kappa shape index (κ2) is 3.56. The zero-order chi connectivity index (χ0) is 9.26. The van der Waals surface area contributed by atoms with Gasteiger partial charge in [0.2, 0.25) is 0 Å². The van der Waals surface area contributed by atoms with Gasteiger partial charge in [0.15, 0.2) is 0 Å². The number of carbonyl (C=O) groups excluding carboxylic acids is 1. The molecule has 13 heavy (non-hydrogen) atoms. The molecule has 2 fully saturated rings. The lowest BCUT2D eigenvalue weighted by Gasteiger charge is -2.29. The van der Waals surface area contributed by atoms with Gasteiger partial charge < -0.3 is 10.2 Å². The van der Waals surface area contributed by atoms with Crippen LogP contribution >= 0.6 is 0 Å². The SMILES string of the molecule is CC1CN(C2CCCCC2)C(=O)N1. The minimum absolute atomic E-state index is 0.152. The van der Waals surface area contributed by atoms with Crippen molar-refractivity contribution in [1.29, 1.82) is 0 Å². The van der Waals surface area contributed by atoms with E-state index in [0.29, 0.717) is 12.1 Å². The lowest BCUT2D eigenvalue weighted by molar-refractivity contribution is 0.178. The van der Waals surface area contributed by atoms with Gasteiger partial charge in [0.05, 0.1) is 0 Å². The van der Waals surface area contributed by atoms with Gasteiger partial charge in [-0.05, 0) is 19.8 Å². The highest BCUT2D eigenvalue weighted by Crippen LogP contribution is 2.24. The summed E-state index contributed by atoms with van der Waals surface area (Å²) in [5.41, 5.74) is 0. The van der Waals surface area contributed by atoms with E-state index in [1.807, 2.05) is 4.90 Å². The number of hydrogen-bond acceptors (Lipinski definition) is 1. The van der Waals surface area contributed by atoms with E-state index in [1.54, 1.807) is 0 Å². The number of amides is 2. The molecule has 2 aliphatic rings. The first-order chi connectivity index (χ1) is 6.27. The van der Waals surface area contributed by atoms with Crippen molar-refractivity contribution in [2.45, 2.75) is 51.1 Å². The van der Waals surface area contributed by atoms with Crippen LogP contribution in [0, 0.1) is 0 Å². The Balaban J connectivity index is 1.95. The molecule has 0 aromatic rings. The molecule has 2 amide bonds. The van der Waals surface area contributed by atoms with Crippen molar-refractivity contribution in [3.8, 4) is 0 Å². The van der Waals surface area contributed by atoms with Gasteiger partial charge in [-0.15, -0.1) is 0 Å². The highest BCUT2D eigenvalue weighted by atomic mass is 16.2. The molecule has 0 aromatic heterocycles. The maximum atomic E-state index is 11.5. The quantitative estimate of drug-likeness (QED) is 0.658. The van der Waals surface area contributed by atoms with Crippen LogP contribution in [0.4, 0.5) is 4.79 Å². The number of nitrogens with one attached hydrogen (secondary N) is 1. The van der Waals surface area contributed by atoms with Crippen LogP contribution in [0.5, 0.6) is 0 Å². The third kappa shape index (κ3) is 1.79. The highest BCUT2D eigenvalue weighted by Gasteiger charge is 2.31. The fourth-order valence-corrected chi connectivity index (χ4v) is 2.42. The van der Waals surface area contributed by atoms with Crippen molar-refractivity contribution in [2.24, 2.45) is 0 Å². The van der Waals surface area contributed by atoms with E-state index in [4.69, 9.17) is 0 Å². The number of rotatable bonds is 1. The van der Waals surface area contributed by atoms with Crippen LogP contribution < -0.4 is 5.32 Å². The zero-order valence-corrected chi connectivity index (χ0v) is 8.25. The molecule has 0 radical (unpaired) electrons. The Morgan fingerprint density at radius 3 is 2.54 bits per heavy atom. The van der Waals surface area contributed by atoms with Crippen molar-refractivity contribution in [2.75, 3.05) is 6.54 Å². The van der Waals surface area contributed by atoms with Crippen molar-refractivity contribution in [3.05, 3.63) is 0 Å². The fourth-order valence-electron chi connectivity index (χ4n) is 2.42. The average molecular weight is 182 g/mol. The lowest BCUT2D eigenvalue weighted by atomic mass is 9.94. The second-order valence-electron chi connectivity index (χ2n) is 4.29. The minimum Gasteiger partial charge on any atom is -0.334 e. The minimum atomic E-state index is 0.152. The molecular weight excluding hydrogens is 164 g/mol. The third-order valence-electron chi connectivity index (χ3n) is 3.12. The summed E-state index contributed by atoms with van der Waals surface area (Å²) in [6, 6.07) is 1.02. The third-order valence-corrected chi connectivity index (χ3v) is 3.12. The molecule has 2 rings (SSSR count). The molecule has 1 atom stereocenters. The van der Waals surface area contributed by atoms with Gasteiger partial charge in [-0.2, -0.15) is 0 Å². The van der Waals surface area contributed by atoms with Gasteiger partial charge in [-0.25, -0.2) is 4.79 Å². The molecule has 1 saturated carbocycles. The molecule has 1 N–H and O–H groups in total. The number of urea groups is 1. The van der Waals surface area contributed by atoms with E-state index in [9.17, 15) is 4.79 Å². The topological polar surface area (TPSA) is 32.3 Å². The Morgan fingerprint density at radius 1 is 1.31 bits per heavy atom. The van der Waals surface area contributed by atoms with E-state index >= 15 is 0 Å². The van der Waals surface area contributed by atoms with Crippen LogP contribution in [0.25, 0.3) is 0 Å². The lowest BCUT2D eigenvalue weighted by Crippen LogP contribution is -2.39. The summed E-state index contributed by atoms with van der Waals surface area (Å²) in [5, 5.41) is 2.95. The van der Waals surface area contributed by atoms with E-state index in [-0.39, 0.29) is 6.03 Å². The Kier molecular flexibility index (Phi) is 2.42. The predicted octanol–water partition coefficient (Wildman–Crippen LogP) is 1.73. The first-order valence-electron chi connectivity index (χ1n) is 5.34. The van der Waals surface area contributed by atoms with Crippen molar-refractivity contribution in [3.63, 3.8) is 0 Å². The predicted molar refractivity (Wildman–Crippen MR) is 51.6 cm³/mol. The zero-order valence-electron chi connectivity index (χ0n) is 8.25. The monoisotopic (exact) mass is 182 g/mol. The molecule has 0 bridgehead atoms. The molecule has 3 nitrogen and oxygen atoms in total. The summed E-state index contributed by atoms with van der Waals surface area (Å²) in [6.07, 6.45) is 6.35. The van der Waals surface area contributed by atoms with Gasteiger partial charge in [-0.3, -0.25) is 0 Å². The van der Waals surface area contributed by atoms with Crippen molar-refractivity contribution < 1.29 is 4.79 Å². The molecule has 1 unspecified atom stereocenters. The molecule has 1 heterocycles. The normalized spacial score (nSPS) is 30.7. The second-order valence-corrected chi connectivity index (χ2v) is 4.29. The maximum Gasteiger partial charge on any atom is 0.317 e. The first-order valence-corrected chi connectivity index (χ1v) is 5.34. The first kappa shape index (κ1) is 8.85. The Morgan fingerprint density at radius 2 is 2.00 bits per heavy atom. The maximum absolute atomic E-state index is 11.5. The van der Waals surface area contributed by atoms with Crippen LogP contribution in [-0.2, 0) is 0 Å². The molecular formula is C10H18N2O. The Bertz CT molecular complexity index is 199.